The quantitative estimate of drug-likeness (QED) is 0.701. The monoisotopic (exact) mass is 384 g/mol. The Morgan fingerprint density at radius 2 is 1.73 bits per heavy atom. The highest BCUT2D eigenvalue weighted by molar-refractivity contribution is 8.18. The zero-order valence-electron chi connectivity index (χ0n) is 13.2. The van der Waals surface area contributed by atoms with Crippen LogP contribution in [0, 0.1) is 0 Å². The van der Waals surface area contributed by atoms with Crippen molar-refractivity contribution < 1.29 is 18.0 Å². The Bertz CT molecular complexity index is 1180. The lowest BCUT2D eigenvalue weighted by Gasteiger charge is -2.08. The number of rotatable bonds is 3. The Balaban J connectivity index is 1.85. The van der Waals surface area contributed by atoms with Gasteiger partial charge < -0.3 is 0 Å². The molecule has 130 valence electrons. The molecule has 1 aliphatic rings. The molecule has 1 aliphatic heterocycles. The number of carbonyl (C=O) groups excluding carboxylic acids is 2. The maximum atomic E-state index is 12.9. The van der Waals surface area contributed by atoms with Crippen molar-refractivity contribution in [1.82, 2.24) is 9.29 Å². The normalized spacial score (nSPS) is 16.4. The molecule has 0 spiro atoms. The second kappa shape index (κ2) is 6.15. The summed E-state index contributed by atoms with van der Waals surface area (Å²) in [5.74, 6) is -0.451. The average molecular weight is 384 g/mol. The Morgan fingerprint density at radius 1 is 0.962 bits per heavy atom. The summed E-state index contributed by atoms with van der Waals surface area (Å²) in [6, 6.07) is 15.0. The third-order valence-corrected chi connectivity index (χ3v) is 6.47. The molecule has 0 unspecified atom stereocenters. The van der Waals surface area contributed by atoms with Crippen LogP contribution in [0.4, 0.5) is 4.79 Å². The number of carbonyl (C=O) groups is 2. The predicted molar refractivity (Wildman–Crippen MR) is 100 cm³/mol. The molecule has 4 rings (SSSR count). The summed E-state index contributed by atoms with van der Waals surface area (Å²) in [4.78, 5) is 23.5. The zero-order valence-corrected chi connectivity index (χ0v) is 14.9. The molecule has 2 heterocycles. The fourth-order valence-corrected chi connectivity index (χ4v) is 4.81. The molecule has 0 bridgehead atoms. The summed E-state index contributed by atoms with van der Waals surface area (Å²) in [6.07, 6.45) is 3.08. The number of hydrogen-bond donors (Lipinski definition) is 1. The molecule has 3 aromatic rings. The van der Waals surface area contributed by atoms with E-state index in [-0.39, 0.29) is 9.80 Å². The summed E-state index contributed by atoms with van der Waals surface area (Å²) in [6.45, 7) is 0. The SMILES string of the molecule is O=C1NC(=O)C(=Cc2cccc3c2ccn3S(=O)(=O)c2ccccc2)S1. The van der Waals surface area contributed by atoms with Crippen LogP contribution < -0.4 is 5.32 Å². The summed E-state index contributed by atoms with van der Waals surface area (Å²) in [7, 11) is -3.73. The predicted octanol–water partition coefficient (Wildman–Crippen LogP) is 3.20. The van der Waals surface area contributed by atoms with Crippen LogP contribution in [0.1, 0.15) is 5.56 Å². The highest BCUT2D eigenvalue weighted by Crippen LogP contribution is 2.30. The number of imide groups is 1. The molecule has 2 aromatic carbocycles. The van der Waals surface area contributed by atoms with E-state index in [0.29, 0.717) is 16.5 Å². The molecule has 0 saturated carbocycles. The van der Waals surface area contributed by atoms with E-state index in [2.05, 4.69) is 5.32 Å². The van der Waals surface area contributed by atoms with Crippen molar-refractivity contribution in [2.75, 3.05) is 0 Å². The van der Waals surface area contributed by atoms with Gasteiger partial charge in [-0.15, -0.1) is 0 Å². The molecule has 26 heavy (non-hydrogen) atoms. The Hall–Kier alpha value is -2.84. The van der Waals surface area contributed by atoms with Crippen LogP contribution in [0.15, 0.2) is 70.6 Å². The second-order valence-corrected chi connectivity index (χ2v) is 8.39. The van der Waals surface area contributed by atoms with Gasteiger partial charge in [-0.1, -0.05) is 30.3 Å². The molecular weight excluding hydrogens is 372 g/mol. The fraction of sp³-hybridized carbons (Fsp3) is 0. The van der Waals surface area contributed by atoms with E-state index in [1.54, 1.807) is 48.5 Å². The van der Waals surface area contributed by atoms with Crippen molar-refractivity contribution in [2.24, 2.45) is 0 Å². The number of hydrogen-bond acceptors (Lipinski definition) is 5. The third kappa shape index (κ3) is 2.73. The zero-order chi connectivity index (χ0) is 18.3. The van der Waals surface area contributed by atoms with Crippen molar-refractivity contribution in [3.63, 3.8) is 0 Å². The first-order chi connectivity index (χ1) is 12.5. The highest BCUT2D eigenvalue weighted by atomic mass is 32.2. The largest absolute Gasteiger partial charge is 0.290 e. The van der Waals surface area contributed by atoms with Crippen molar-refractivity contribution in [1.29, 1.82) is 0 Å². The van der Waals surface area contributed by atoms with Crippen LogP contribution >= 0.6 is 11.8 Å². The molecule has 0 atom stereocenters. The minimum atomic E-state index is -3.73. The van der Waals surface area contributed by atoms with E-state index in [9.17, 15) is 18.0 Å². The van der Waals surface area contributed by atoms with E-state index >= 15 is 0 Å². The second-order valence-electron chi connectivity index (χ2n) is 5.56. The van der Waals surface area contributed by atoms with Crippen LogP contribution in [-0.4, -0.2) is 23.5 Å². The first-order valence-electron chi connectivity index (χ1n) is 7.62. The van der Waals surface area contributed by atoms with Crippen LogP contribution in [0.25, 0.3) is 17.0 Å². The van der Waals surface area contributed by atoms with E-state index in [1.165, 1.54) is 22.3 Å². The molecule has 2 amide bonds. The Labute approximate surface area is 153 Å². The first kappa shape index (κ1) is 16.6. The molecule has 8 heteroatoms. The van der Waals surface area contributed by atoms with E-state index in [4.69, 9.17) is 0 Å². The summed E-state index contributed by atoms with van der Waals surface area (Å²) in [5.41, 5.74) is 1.16. The lowest BCUT2D eigenvalue weighted by Crippen LogP contribution is -2.17. The molecule has 0 aliphatic carbocycles. The number of nitrogens with one attached hydrogen (secondary N) is 1. The van der Waals surface area contributed by atoms with Gasteiger partial charge in [0.25, 0.3) is 21.2 Å². The van der Waals surface area contributed by atoms with E-state index < -0.39 is 21.2 Å². The minimum absolute atomic E-state index is 0.192. The summed E-state index contributed by atoms with van der Waals surface area (Å²) >= 11 is 0.823. The summed E-state index contributed by atoms with van der Waals surface area (Å²) in [5, 5.41) is 2.46. The van der Waals surface area contributed by atoms with E-state index in [0.717, 1.165) is 11.8 Å². The summed E-state index contributed by atoms with van der Waals surface area (Å²) < 4.78 is 27.0. The Morgan fingerprint density at radius 3 is 2.42 bits per heavy atom. The topological polar surface area (TPSA) is 85.2 Å². The molecule has 1 N–H and O–H groups in total. The van der Waals surface area contributed by atoms with Crippen molar-refractivity contribution in [3.05, 3.63) is 71.3 Å². The lowest BCUT2D eigenvalue weighted by atomic mass is 10.1. The molecule has 1 fully saturated rings. The standard InChI is InChI=1S/C18H12N2O4S2/c21-17-16(25-18(22)19-17)11-12-5-4-8-15-14(12)9-10-20(15)26(23,24)13-6-2-1-3-7-13/h1-11H,(H,19,21,22). The van der Waals surface area contributed by atoms with Crippen LogP contribution in [-0.2, 0) is 14.8 Å². The van der Waals surface area contributed by atoms with Crippen LogP contribution in [0.3, 0.4) is 0 Å². The smallest absolute Gasteiger partial charge is 0.282 e. The molecule has 0 radical (unpaired) electrons. The number of benzene rings is 2. The van der Waals surface area contributed by atoms with Crippen molar-refractivity contribution >= 4 is 49.9 Å². The fourth-order valence-electron chi connectivity index (χ4n) is 2.77. The van der Waals surface area contributed by atoms with Gasteiger partial charge in [-0.3, -0.25) is 14.9 Å². The van der Waals surface area contributed by atoms with Gasteiger partial charge in [0.15, 0.2) is 0 Å². The maximum Gasteiger partial charge on any atom is 0.290 e. The first-order valence-corrected chi connectivity index (χ1v) is 9.88. The van der Waals surface area contributed by atoms with Crippen LogP contribution in [0.2, 0.25) is 0 Å². The average Bonchev–Trinajstić information content (AvgIpc) is 3.20. The minimum Gasteiger partial charge on any atom is -0.282 e. The molecular formula is C18H12N2O4S2. The van der Waals surface area contributed by atoms with Gasteiger partial charge in [0.05, 0.1) is 15.3 Å². The van der Waals surface area contributed by atoms with Gasteiger partial charge in [0, 0.05) is 11.6 Å². The van der Waals surface area contributed by atoms with E-state index in [1.807, 2.05) is 0 Å². The van der Waals surface area contributed by atoms with Crippen molar-refractivity contribution in [2.45, 2.75) is 4.90 Å². The van der Waals surface area contributed by atoms with Gasteiger partial charge in [-0.25, -0.2) is 12.4 Å². The maximum absolute atomic E-state index is 12.9. The van der Waals surface area contributed by atoms with Gasteiger partial charge in [-0.2, -0.15) is 0 Å². The van der Waals surface area contributed by atoms with Crippen LogP contribution in [0.5, 0.6) is 0 Å². The van der Waals surface area contributed by atoms with Gasteiger partial charge in [0.2, 0.25) is 0 Å². The Kier molecular flexibility index (Phi) is 3.93. The lowest BCUT2D eigenvalue weighted by molar-refractivity contribution is -0.115. The van der Waals surface area contributed by atoms with Gasteiger partial charge in [-0.05, 0) is 47.7 Å². The van der Waals surface area contributed by atoms with Gasteiger partial charge >= 0.3 is 0 Å². The number of amides is 2. The number of thioether (sulfide) groups is 1. The number of aromatic nitrogens is 1. The molecule has 1 saturated heterocycles. The highest BCUT2D eigenvalue weighted by Gasteiger charge is 2.25. The van der Waals surface area contributed by atoms with Crippen molar-refractivity contribution in [3.8, 4) is 0 Å². The molecule has 6 nitrogen and oxygen atoms in total. The van der Waals surface area contributed by atoms with Gasteiger partial charge in [0.1, 0.15) is 0 Å². The third-order valence-electron chi connectivity index (χ3n) is 3.96. The number of nitrogens with zero attached hydrogens (tertiary/aromatic N) is 1. The number of fused-ring (bicyclic) bond motifs is 1. The molecule has 1 aromatic heterocycles.